The maximum atomic E-state index is 12.3. The van der Waals surface area contributed by atoms with Crippen LogP contribution in [-0.2, 0) is 14.3 Å². The summed E-state index contributed by atoms with van der Waals surface area (Å²) in [6.45, 7) is 2.84. The van der Waals surface area contributed by atoms with Crippen LogP contribution in [0, 0.1) is 0 Å². The van der Waals surface area contributed by atoms with Crippen molar-refractivity contribution in [3.63, 3.8) is 0 Å². The van der Waals surface area contributed by atoms with Gasteiger partial charge < -0.3 is 15.0 Å². The number of amides is 2. The standard InChI is InChI=1S/C22H28N2O4/c1-16(21(26)23-14-13-17-6-3-2-4-7-17)28-22(27)18-9-11-19(12-10-18)24-15-5-8-20(24)25/h6,9-12,16H,2-5,7-8,13-15H2,1H3,(H,23,26)/t16-/m1/s1. The van der Waals surface area contributed by atoms with Crippen molar-refractivity contribution >= 4 is 23.5 Å². The molecule has 2 aliphatic rings. The largest absolute Gasteiger partial charge is 0.449 e. The maximum Gasteiger partial charge on any atom is 0.338 e. The first-order valence-corrected chi connectivity index (χ1v) is 10.1. The smallest absolute Gasteiger partial charge is 0.338 e. The first-order valence-electron chi connectivity index (χ1n) is 10.1. The molecule has 1 aliphatic carbocycles. The van der Waals surface area contributed by atoms with Gasteiger partial charge in [-0.2, -0.15) is 0 Å². The summed E-state index contributed by atoms with van der Waals surface area (Å²) in [5.74, 6) is -0.731. The Kier molecular flexibility index (Phi) is 6.85. The Morgan fingerprint density at radius 1 is 1.14 bits per heavy atom. The number of rotatable bonds is 7. The molecule has 1 aliphatic heterocycles. The highest BCUT2D eigenvalue weighted by atomic mass is 16.5. The van der Waals surface area contributed by atoms with Crippen LogP contribution in [0.5, 0.6) is 0 Å². The molecule has 0 radical (unpaired) electrons. The van der Waals surface area contributed by atoms with E-state index in [9.17, 15) is 14.4 Å². The second-order valence-electron chi connectivity index (χ2n) is 7.39. The van der Waals surface area contributed by atoms with Crippen LogP contribution < -0.4 is 10.2 Å². The summed E-state index contributed by atoms with van der Waals surface area (Å²) in [6, 6.07) is 6.73. The van der Waals surface area contributed by atoms with Gasteiger partial charge in [0.25, 0.3) is 5.91 Å². The van der Waals surface area contributed by atoms with E-state index in [2.05, 4.69) is 11.4 Å². The van der Waals surface area contributed by atoms with Crippen LogP contribution in [0.3, 0.4) is 0 Å². The van der Waals surface area contributed by atoms with Crippen LogP contribution in [0.1, 0.15) is 62.2 Å². The highest BCUT2D eigenvalue weighted by molar-refractivity contribution is 5.96. The molecule has 0 spiro atoms. The van der Waals surface area contributed by atoms with Crippen LogP contribution in [0.4, 0.5) is 5.69 Å². The van der Waals surface area contributed by atoms with Crippen molar-refractivity contribution in [1.82, 2.24) is 5.32 Å². The van der Waals surface area contributed by atoms with Crippen molar-refractivity contribution in [1.29, 1.82) is 0 Å². The van der Waals surface area contributed by atoms with Gasteiger partial charge in [0.15, 0.2) is 6.10 Å². The molecule has 3 rings (SSSR count). The van der Waals surface area contributed by atoms with Crippen LogP contribution in [0.15, 0.2) is 35.9 Å². The second-order valence-corrected chi connectivity index (χ2v) is 7.39. The molecule has 1 heterocycles. The third-order valence-corrected chi connectivity index (χ3v) is 5.27. The van der Waals surface area contributed by atoms with Crippen molar-refractivity contribution in [2.75, 3.05) is 18.0 Å². The summed E-state index contributed by atoms with van der Waals surface area (Å²) in [5, 5.41) is 2.84. The molecular formula is C22H28N2O4. The van der Waals surface area contributed by atoms with E-state index in [1.54, 1.807) is 36.1 Å². The SMILES string of the molecule is C[C@@H](OC(=O)c1ccc(N2CCCC2=O)cc1)C(=O)NCCC1=CCCCC1. The number of carbonyl (C=O) groups is 3. The van der Waals surface area contributed by atoms with E-state index in [0.717, 1.165) is 31.4 Å². The molecule has 0 bridgehead atoms. The highest BCUT2D eigenvalue weighted by Gasteiger charge is 2.23. The number of hydrogen-bond acceptors (Lipinski definition) is 4. The number of nitrogens with zero attached hydrogens (tertiary/aromatic N) is 1. The lowest BCUT2D eigenvalue weighted by Crippen LogP contribution is -2.36. The zero-order valence-electron chi connectivity index (χ0n) is 16.4. The lowest BCUT2D eigenvalue weighted by Gasteiger charge is -2.17. The second kappa shape index (κ2) is 9.53. The third-order valence-electron chi connectivity index (χ3n) is 5.27. The monoisotopic (exact) mass is 384 g/mol. The minimum Gasteiger partial charge on any atom is -0.449 e. The van der Waals surface area contributed by atoms with E-state index in [4.69, 9.17) is 4.74 Å². The molecule has 6 nitrogen and oxygen atoms in total. The lowest BCUT2D eigenvalue weighted by molar-refractivity contribution is -0.129. The zero-order chi connectivity index (χ0) is 19.9. The number of allylic oxidation sites excluding steroid dienone is 1. The Balaban J connectivity index is 1.45. The molecule has 0 saturated carbocycles. The zero-order valence-corrected chi connectivity index (χ0v) is 16.4. The van der Waals surface area contributed by atoms with Crippen molar-refractivity contribution in [3.05, 3.63) is 41.5 Å². The van der Waals surface area contributed by atoms with Crippen molar-refractivity contribution in [2.45, 2.75) is 58.0 Å². The Hall–Kier alpha value is -2.63. The van der Waals surface area contributed by atoms with Gasteiger partial charge in [-0.1, -0.05) is 11.6 Å². The molecule has 28 heavy (non-hydrogen) atoms. The predicted octanol–water partition coefficient (Wildman–Crippen LogP) is 3.37. The number of nitrogens with one attached hydrogen (secondary N) is 1. The molecule has 1 atom stereocenters. The molecule has 1 saturated heterocycles. The highest BCUT2D eigenvalue weighted by Crippen LogP contribution is 2.22. The average molecular weight is 384 g/mol. The first kappa shape index (κ1) is 20.1. The fourth-order valence-corrected chi connectivity index (χ4v) is 3.60. The first-order chi connectivity index (χ1) is 13.5. The van der Waals surface area contributed by atoms with Gasteiger partial charge in [-0.15, -0.1) is 0 Å². The summed E-state index contributed by atoms with van der Waals surface area (Å²) in [4.78, 5) is 38.0. The van der Waals surface area contributed by atoms with Gasteiger partial charge in [-0.25, -0.2) is 4.79 Å². The number of ether oxygens (including phenoxy) is 1. The molecule has 1 fully saturated rings. The van der Waals surface area contributed by atoms with E-state index in [1.807, 2.05) is 0 Å². The van der Waals surface area contributed by atoms with E-state index in [1.165, 1.54) is 18.4 Å². The van der Waals surface area contributed by atoms with Crippen LogP contribution >= 0.6 is 0 Å². The minimum absolute atomic E-state index is 0.101. The fraction of sp³-hybridized carbons (Fsp3) is 0.500. The van der Waals surface area contributed by atoms with E-state index in [0.29, 0.717) is 25.1 Å². The number of anilines is 1. The Bertz CT molecular complexity index is 754. The molecule has 6 heteroatoms. The molecule has 0 unspecified atom stereocenters. The van der Waals surface area contributed by atoms with Gasteiger partial charge in [0.05, 0.1) is 5.56 Å². The van der Waals surface area contributed by atoms with Crippen molar-refractivity contribution < 1.29 is 19.1 Å². The molecule has 1 N–H and O–H groups in total. The summed E-state index contributed by atoms with van der Waals surface area (Å²) >= 11 is 0. The topological polar surface area (TPSA) is 75.7 Å². The molecule has 1 aromatic carbocycles. The van der Waals surface area contributed by atoms with Crippen LogP contribution in [0.25, 0.3) is 0 Å². The third kappa shape index (κ3) is 5.21. The summed E-state index contributed by atoms with van der Waals surface area (Å²) < 4.78 is 5.28. The molecule has 0 aromatic heterocycles. The maximum absolute atomic E-state index is 12.3. The van der Waals surface area contributed by atoms with Crippen molar-refractivity contribution in [3.8, 4) is 0 Å². The van der Waals surface area contributed by atoms with E-state index >= 15 is 0 Å². The number of esters is 1. The van der Waals surface area contributed by atoms with Gasteiger partial charge in [-0.3, -0.25) is 9.59 Å². The van der Waals surface area contributed by atoms with Gasteiger partial charge in [0.2, 0.25) is 5.91 Å². The van der Waals surface area contributed by atoms with Gasteiger partial charge in [-0.05, 0) is 69.7 Å². The van der Waals surface area contributed by atoms with Gasteiger partial charge in [0, 0.05) is 25.2 Å². The molecular weight excluding hydrogens is 356 g/mol. The number of hydrogen-bond donors (Lipinski definition) is 1. The lowest BCUT2D eigenvalue weighted by atomic mass is 9.97. The Labute approximate surface area is 165 Å². The fourth-order valence-electron chi connectivity index (χ4n) is 3.60. The summed E-state index contributed by atoms with van der Waals surface area (Å²) in [6.07, 6.45) is 8.38. The van der Waals surface area contributed by atoms with E-state index < -0.39 is 12.1 Å². The molecule has 1 aromatic rings. The normalized spacial score (nSPS) is 17.8. The van der Waals surface area contributed by atoms with Gasteiger partial charge >= 0.3 is 5.97 Å². The van der Waals surface area contributed by atoms with E-state index in [-0.39, 0.29) is 11.8 Å². The molecule has 150 valence electrons. The van der Waals surface area contributed by atoms with Gasteiger partial charge in [0.1, 0.15) is 0 Å². The average Bonchev–Trinajstić information content (AvgIpc) is 3.14. The summed E-state index contributed by atoms with van der Waals surface area (Å²) in [5.41, 5.74) is 2.54. The Morgan fingerprint density at radius 2 is 1.93 bits per heavy atom. The minimum atomic E-state index is -0.854. The number of carbonyl (C=O) groups excluding carboxylic acids is 3. The Morgan fingerprint density at radius 3 is 2.57 bits per heavy atom. The molecule has 2 amide bonds. The number of benzene rings is 1. The van der Waals surface area contributed by atoms with Crippen LogP contribution in [-0.4, -0.2) is 37.0 Å². The quantitative estimate of drug-likeness (QED) is 0.578. The van der Waals surface area contributed by atoms with Crippen molar-refractivity contribution in [2.24, 2.45) is 0 Å². The summed E-state index contributed by atoms with van der Waals surface area (Å²) in [7, 11) is 0. The predicted molar refractivity (Wildman–Crippen MR) is 107 cm³/mol. The van der Waals surface area contributed by atoms with Crippen LogP contribution in [0.2, 0.25) is 0 Å².